The molecule has 5 rings (SSSR count). The van der Waals surface area contributed by atoms with Crippen LogP contribution in [0.5, 0.6) is 17.2 Å². The number of methoxy groups -OCH3 is 1. The molecule has 7 nitrogen and oxygen atoms in total. The highest BCUT2D eigenvalue weighted by atomic mass is 16.7. The molecule has 1 aliphatic carbocycles. The molecule has 0 unspecified atom stereocenters. The molecule has 0 radical (unpaired) electrons. The van der Waals surface area contributed by atoms with Crippen molar-refractivity contribution in [2.45, 2.75) is 33.3 Å². The molecule has 3 atom stereocenters. The molecule has 0 aromatic heterocycles. The minimum Gasteiger partial charge on any atom is -0.496 e. The first-order valence-electron chi connectivity index (χ1n) is 10.3. The van der Waals surface area contributed by atoms with Crippen molar-refractivity contribution in [3.05, 3.63) is 40.5 Å². The molecule has 1 saturated heterocycles. The second-order valence-corrected chi connectivity index (χ2v) is 8.29. The van der Waals surface area contributed by atoms with Gasteiger partial charge in [0, 0.05) is 18.4 Å². The van der Waals surface area contributed by atoms with E-state index in [0.29, 0.717) is 17.9 Å². The van der Waals surface area contributed by atoms with Gasteiger partial charge in [-0.05, 0) is 66.3 Å². The van der Waals surface area contributed by atoms with Gasteiger partial charge in [-0.2, -0.15) is 0 Å². The highest BCUT2D eigenvalue weighted by molar-refractivity contribution is 5.83. The topological polar surface area (TPSA) is 80.3 Å². The molecule has 2 heterocycles. The fourth-order valence-corrected chi connectivity index (χ4v) is 5.02. The molecule has 2 aliphatic heterocycles. The molecule has 1 fully saturated rings. The Morgan fingerprint density at radius 3 is 2.52 bits per heavy atom. The Bertz CT molecular complexity index is 1100. The lowest BCUT2D eigenvalue weighted by molar-refractivity contribution is -0.150. The number of fused-ring (bicyclic) bond motifs is 5. The van der Waals surface area contributed by atoms with Crippen molar-refractivity contribution in [1.82, 2.24) is 0 Å². The van der Waals surface area contributed by atoms with E-state index in [4.69, 9.17) is 23.7 Å². The Kier molecular flexibility index (Phi) is 4.57. The van der Waals surface area contributed by atoms with Gasteiger partial charge >= 0.3 is 11.9 Å². The average molecular weight is 424 g/mol. The van der Waals surface area contributed by atoms with E-state index in [1.54, 1.807) is 7.11 Å². The van der Waals surface area contributed by atoms with Crippen LogP contribution in [0.4, 0.5) is 0 Å². The van der Waals surface area contributed by atoms with E-state index in [-0.39, 0.29) is 25.3 Å². The zero-order valence-corrected chi connectivity index (χ0v) is 17.9. The maximum absolute atomic E-state index is 12.7. The number of ether oxygens (including phenoxy) is 5. The van der Waals surface area contributed by atoms with E-state index in [9.17, 15) is 9.59 Å². The summed E-state index contributed by atoms with van der Waals surface area (Å²) in [5.74, 6) is 0.630. The number of hydrogen-bond donors (Lipinski definition) is 0. The molecule has 31 heavy (non-hydrogen) atoms. The molecule has 0 bridgehead atoms. The molecule has 2 aromatic rings. The molecule has 0 N–H and O–H groups in total. The quantitative estimate of drug-likeness (QED) is 0.681. The van der Waals surface area contributed by atoms with Gasteiger partial charge in [-0.3, -0.25) is 9.59 Å². The predicted octanol–water partition coefficient (Wildman–Crippen LogP) is 3.66. The maximum atomic E-state index is 12.7. The summed E-state index contributed by atoms with van der Waals surface area (Å²) in [6.07, 6.45) is -0.157. The van der Waals surface area contributed by atoms with Crippen LogP contribution < -0.4 is 14.2 Å². The van der Waals surface area contributed by atoms with Crippen molar-refractivity contribution in [3.63, 3.8) is 0 Å². The van der Waals surface area contributed by atoms with Gasteiger partial charge in [0.25, 0.3) is 0 Å². The molecular weight excluding hydrogens is 400 g/mol. The Hall–Kier alpha value is -3.22. The Morgan fingerprint density at radius 2 is 1.81 bits per heavy atom. The van der Waals surface area contributed by atoms with Gasteiger partial charge in [0.2, 0.25) is 6.79 Å². The smallest absolute Gasteiger partial charge is 0.309 e. The summed E-state index contributed by atoms with van der Waals surface area (Å²) >= 11 is 0. The minimum atomic E-state index is -0.631. The third-order valence-electron chi connectivity index (χ3n) is 6.63. The second kappa shape index (κ2) is 7.18. The lowest BCUT2D eigenvalue weighted by atomic mass is 9.75. The third-order valence-corrected chi connectivity index (χ3v) is 6.63. The lowest BCUT2D eigenvalue weighted by Crippen LogP contribution is -2.29. The largest absolute Gasteiger partial charge is 0.496 e. The second-order valence-electron chi connectivity index (χ2n) is 8.29. The highest BCUT2D eigenvalue weighted by Crippen LogP contribution is 2.51. The first kappa shape index (κ1) is 19.7. The van der Waals surface area contributed by atoms with Crippen LogP contribution in [0.1, 0.15) is 35.3 Å². The van der Waals surface area contributed by atoms with Gasteiger partial charge in [0.05, 0.1) is 19.6 Å². The molecule has 7 heteroatoms. The number of cyclic esters (lactones) is 1. The van der Waals surface area contributed by atoms with E-state index in [1.165, 1.54) is 6.92 Å². The normalized spacial score (nSPS) is 23.1. The van der Waals surface area contributed by atoms with Crippen LogP contribution in [0, 0.1) is 25.7 Å². The van der Waals surface area contributed by atoms with E-state index in [0.717, 1.165) is 39.1 Å². The molecule has 0 amide bonds. The van der Waals surface area contributed by atoms with Crippen LogP contribution in [0.3, 0.4) is 0 Å². The van der Waals surface area contributed by atoms with Crippen LogP contribution >= 0.6 is 0 Å². The number of rotatable bonds is 2. The number of carbonyl (C=O) groups is 2. The lowest BCUT2D eigenvalue weighted by Gasteiger charge is -2.32. The molecule has 2 aromatic carbocycles. The summed E-state index contributed by atoms with van der Waals surface area (Å²) in [5, 5.41) is 0. The Balaban J connectivity index is 1.83. The van der Waals surface area contributed by atoms with E-state index in [2.05, 4.69) is 0 Å². The maximum Gasteiger partial charge on any atom is 0.309 e. The van der Waals surface area contributed by atoms with Crippen molar-refractivity contribution >= 4 is 11.9 Å². The van der Waals surface area contributed by atoms with Crippen LogP contribution in [-0.4, -0.2) is 32.4 Å². The van der Waals surface area contributed by atoms with Crippen LogP contribution in [-0.2, 0) is 25.5 Å². The summed E-state index contributed by atoms with van der Waals surface area (Å²) in [6.45, 7) is 5.77. The SMILES string of the molecule is COc1cc2c(c(C)c1C)-c1cc3c(cc1[C@H](OC(C)=O)[C@H]1COC(=O)[C@@H]1C2)OCO3. The van der Waals surface area contributed by atoms with Gasteiger partial charge in [-0.25, -0.2) is 0 Å². The van der Waals surface area contributed by atoms with E-state index in [1.807, 2.05) is 32.0 Å². The summed E-state index contributed by atoms with van der Waals surface area (Å²) in [5.41, 5.74) is 5.76. The van der Waals surface area contributed by atoms with Crippen LogP contribution in [0.25, 0.3) is 11.1 Å². The fourth-order valence-electron chi connectivity index (χ4n) is 5.02. The zero-order chi connectivity index (χ0) is 21.9. The summed E-state index contributed by atoms with van der Waals surface area (Å²) < 4.78 is 28.1. The van der Waals surface area contributed by atoms with Crippen molar-refractivity contribution in [2.24, 2.45) is 11.8 Å². The van der Waals surface area contributed by atoms with Crippen LogP contribution in [0.15, 0.2) is 18.2 Å². The highest BCUT2D eigenvalue weighted by Gasteiger charge is 2.46. The van der Waals surface area contributed by atoms with Gasteiger partial charge in [0.15, 0.2) is 11.5 Å². The number of esters is 2. The average Bonchev–Trinajstić information content (AvgIpc) is 3.33. The van der Waals surface area contributed by atoms with Crippen LogP contribution in [0.2, 0.25) is 0 Å². The van der Waals surface area contributed by atoms with Gasteiger partial charge in [0.1, 0.15) is 11.9 Å². The molecule has 162 valence electrons. The zero-order valence-electron chi connectivity index (χ0n) is 17.9. The first-order chi connectivity index (χ1) is 14.9. The minimum absolute atomic E-state index is 0.136. The first-order valence-corrected chi connectivity index (χ1v) is 10.3. The Labute approximate surface area is 180 Å². The van der Waals surface area contributed by atoms with E-state index >= 15 is 0 Å². The summed E-state index contributed by atoms with van der Waals surface area (Å²) in [4.78, 5) is 24.7. The van der Waals surface area contributed by atoms with Gasteiger partial charge < -0.3 is 23.7 Å². The predicted molar refractivity (Wildman–Crippen MR) is 110 cm³/mol. The van der Waals surface area contributed by atoms with E-state index < -0.39 is 18.0 Å². The molecule has 0 saturated carbocycles. The summed E-state index contributed by atoms with van der Waals surface area (Å²) in [6, 6.07) is 5.82. The molecule has 3 aliphatic rings. The van der Waals surface area contributed by atoms with Gasteiger partial charge in [-0.15, -0.1) is 0 Å². The number of carbonyl (C=O) groups excluding carboxylic acids is 2. The van der Waals surface area contributed by atoms with Crippen molar-refractivity contribution in [2.75, 3.05) is 20.5 Å². The van der Waals surface area contributed by atoms with Crippen molar-refractivity contribution < 1.29 is 33.3 Å². The Morgan fingerprint density at radius 1 is 1.06 bits per heavy atom. The summed E-state index contributed by atoms with van der Waals surface area (Å²) in [7, 11) is 1.65. The van der Waals surface area contributed by atoms with Gasteiger partial charge in [-0.1, -0.05) is 0 Å². The molecular formula is C24H24O7. The van der Waals surface area contributed by atoms with Crippen molar-refractivity contribution in [1.29, 1.82) is 0 Å². The monoisotopic (exact) mass is 424 g/mol. The standard InChI is InChI=1S/C24H24O7/c1-11-12(2)22-14(6-19(11)27-4)5-17-18(9-28-24(17)26)23(31-13(3)25)16-8-21-20(7-15(16)22)29-10-30-21/h6-8,17-18,23H,5,9-10H2,1-4H3/t17-,18+,23+/m1/s1. The third kappa shape index (κ3) is 3.02. The van der Waals surface area contributed by atoms with Crippen molar-refractivity contribution in [3.8, 4) is 28.4 Å². The number of hydrogen-bond acceptors (Lipinski definition) is 7. The molecule has 0 spiro atoms. The number of benzene rings is 2. The fraction of sp³-hybridized carbons (Fsp3) is 0.417.